The fourth-order valence-corrected chi connectivity index (χ4v) is 3.37. The van der Waals surface area contributed by atoms with E-state index in [9.17, 15) is 0 Å². The Hall–Kier alpha value is -1.67. The molecule has 2 atom stereocenters. The van der Waals surface area contributed by atoms with Gasteiger partial charge in [0.05, 0.1) is 0 Å². The van der Waals surface area contributed by atoms with Crippen molar-refractivity contribution in [3.05, 3.63) is 65.5 Å². The molecule has 0 aliphatic heterocycles. The molecule has 0 saturated heterocycles. The number of benzene rings is 1. The van der Waals surface area contributed by atoms with Gasteiger partial charge in [-0.2, -0.15) is 0 Å². The summed E-state index contributed by atoms with van der Waals surface area (Å²) in [5, 5.41) is 0. The Kier molecular flexibility index (Phi) is 4.12. The van der Waals surface area contributed by atoms with Crippen LogP contribution in [-0.4, -0.2) is 11.5 Å². The Bertz CT molecular complexity index is 550. The van der Waals surface area contributed by atoms with E-state index >= 15 is 0 Å². The maximum atomic E-state index is 6.02. The van der Waals surface area contributed by atoms with E-state index in [2.05, 4.69) is 47.4 Å². The highest BCUT2D eigenvalue weighted by atomic mass is 14.7. The molecule has 0 fully saturated rings. The molecule has 2 unspecified atom stereocenters. The fourth-order valence-electron chi connectivity index (χ4n) is 3.37. The SMILES string of the molecule is NCC(CC1CCCc2cccnc21)c1ccccc1. The van der Waals surface area contributed by atoms with Gasteiger partial charge in [0.25, 0.3) is 0 Å². The summed E-state index contributed by atoms with van der Waals surface area (Å²) in [4.78, 5) is 4.64. The molecule has 1 aliphatic carbocycles. The fraction of sp³-hybridized carbons (Fsp3) is 0.389. The molecule has 2 N–H and O–H groups in total. The van der Waals surface area contributed by atoms with Gasteiger partial charge in [0.1, 0.15) is 0 Å². The Morgan fingerprint density at radius 2 is 2.00 bits per heavy atom. The largest absolute Gasteiger partial charge is 0.330 e. The second kappa shape index (κ2) is 6.19. The highest BCUT2D eigenvalue weighted by Crippen LogP contribution is 2.36. The Balaban J connectivity index is 1.81. The zero-order chi connectivity index (χ0) is 13.8. The van der Waals surface area contributed by atoms with Crippen LogP contribution in [0.1, 0.15) is 47.9 Å². The van der Waals surface area contributed by atoms with Crippen molar-refractivity contribution in [2.24, 2.45) is 5.73 Å². The summed E-state index contributed by atoms with van der Waals surface area (Å²) in [6, 6.07) is 14.9. The van der Waals surface area contributed by atoms with Crippen molar-refractivity contribution in [2.45, 2.75) is 37.5 Å². The molecule has 0 amide bonds. The van der Waals surface area contributed by atoms with Gasteiger partial charge in [0.15, 0.2) is 0 Å². The van der Waals surface area contributed by atoms with Gasteiger partial charge in [-0.25, -0.2) is 0 Å². The first-order valence-corrected chi connectivity index (χ1v) is 7.57. The molecular weight excluding hydrogens is 244 g/mol. The monoisotopic (exact) mass is 266 g/mol. The minimum Gasteiger partial charge on any atom is -0.330 e. The second-order valence-electron chi connectivity index (χ2n) is 5.72. The average Bonchev–Trinajstić information content (AvgIpc) is 2.53. The molecule has 1 heterocycles. The standard InChI is InChI=1S/C18H22N2/c19-13-17(14-6-2-1-3-7-14)12-16-9-4-8-15-10-5-11-20-18(15)16/h1-3,5-7,10-11,16-17H,4,8-9,12-13,19H2. The number of aryl methyl sites for hydroxylation is 1. The number of aromatic nitrogens is 1. The lowest BCUT2D eigenvalue weighted by Gasteiger charge is -2.27. The summed E-state index contributed by atoms with van der Waals surface area (Å²) in [6.07, 6.45) is 6.74. The predicted octanol–water partition coefficient (Wildman–Crippen LogP) is 3.63. The molecule has 2 nitrogen and oxygen atoms in total. The van der Waals surface area contributed by atoms with Gasteiger partial charge < -0.3 is 5.73 Å². The van der Waals surface area contributed by atoms with Gasteiger partial charge in [-0.15, -0.1) is 0 Å². The van der Waals surface area contributed by atoms with Crippen molar-refractivity contribution in [3.63, 3.8) is 0 Å². The summed E-state index contributed by atoms with van der Waals surface area (Å²) < 4.78 is 0. The first-order valence-electron chi connectivity index (χ1n) is 7.57. The van der Waals surface area contributed by atoms with Crippen molar-refractivity contribution in [3.8, 4) is 0 Å². The van der Waals surface area contributed by atoms with Crippen molar-refractivity contribution >= 4 is 0 Å². The highest BCUT2D eigenvalue weighted by Gasteiger charge is 2.24. The van der Waals surface area contributed by atoms with Crippen LogP contribution in [0.25, 0.3) is 0 Å². The molecule has 1 aliphatic rings. The van der Waals surface area contributed by atoms with E-state index in [4.69, 9.17) is 5.73 Å². The van der Waals surface area contributed by atoms with Gasteiger partial charge in [0.2, 0.25) is 0 Å². The van der Waals surface area contributed by atoms with E-state index in [-0.39, 0.29) is 0 Å². The quantitative estimate of drug-likeness (QED) is 0.917. The third-order valence-electron chi connectivity index (χ3n) is 4.44. The van der Waals surface area contributed by atoms with Crippen LogP contribution in [0.5, 0.6) is 0 Å². The summed E-state index contributed by atoms with van der Waals surface area (Å²) in [5.41, 5.74) is 10.1. The molecule has 1 aromatic carbocycles. The topological polar surface area (TPSA) is 38.9 Å². The minimum atomic E-state index is 0.439. The van der Waals surface area contributed by atoms with Gasteiger partial charge in [-0.05, 0) is 55.3 Å². The van der Waals surface area contributed by atoms with Crippen LogP contribution in [0, 0.1) is 0 Å². The number of nitrogens with two attached hydrogens (primary N) is 1. The molecule has 2 heteroatoms. The molecule has 2 aromatic rings. The molecule has 104 valence electrons. The first-order chi connectivity index (χ1) is 9.88. The smallest absolute Gasteiger partial charge is 0.0466 e. The molecule has 0 spiro atoms. The van der Waals surface area contributed by atoms with E-state index in [0.717, 1.165) is 6.42 Å². The number of pyridine rings is 1. The van der Waals surface area contributed by atoms with Crippen molar-refractivity contribution < 1.29 is 0 Å². The van der Waals surface area contributed by atoms with Crippen molar-refractivity contribution in [1.29, 1.82) is 0 Å². The van der Waals surface area contributed by atoms with Crippen LogP contribution < -0.4 is 5.73 Å². The molecule has 0 radical (unpaired) electrons. The Morgan fingerprint density at radius 3 is 2.80 bits per heavy atom. The second-order valence-corrected chi connectivity index (χ2v) is 5.72. The summed E-state index contributed by atoms with van der Waals surface area (Å²) in [5.74, 6) is 1.00. The molecule has 0 saturated carbocycles. The maximum Gasteiger partial charge on any atom is 0.0466 e. The maximum absolute atomic E-state index is 6.02. The third kappa shape index (κ3) is 2.75. The van der Waals surface area contributed by atoms with E-state index in [0.29, 0.717) is 18.4 Å². The number of nitrogens with zero attached hydrogens (tertiary/aromatic N) is 1. The molecular formula is C18H22N2. The predicted molar refractivity (Wildman–Crippen MR) is 82.8 cm³/mol. The van der Waals surface area contributed by atoms with Gasteiger partial charge in [-0.3, -0.25) is 4.98 Å². The number of fused-ring (bicyclic) bond motifs is 1. The van der Waals surface area contributed by atoms with Crippen molar-refractivity contribution in [2.75, 3.05) is 6.54 Å². The van der Waals surface area contributed by atoms with Crippen LogP contribution in [-0.2, 0) is 6.42 Å². The van der Waals surface area contributed by atoms with Crippen LogP contribution in [0.2, 0.25) is 0 Å². The Labute approximate surface area is 121 Å². The summed E-state index contributed by atoms with van der Waals surface area (Å²) in [7, 11) is 0. The molecule has 3 rings (SSSR count). The lowest BCUT2D eigenvalue weighted by Crippen LogP contribution is -2.19. The molecule has 20 heavy (non-hydrogen) atoms. The van der Waals surface area contributed by atoms with Gasteiger partial charge in [0, 0.05) is 17.8 Å². The normalized spacial score (nSPS) is 19.4. The van der Waals surface area contributed by atoms with Crippen LogP contribution in [0.3, 0.4) is 0 Å². The van der Waals surface area contributed by atoms with E-state index in [1.807, 2.05) is 6.20 Å². The van der Waals surface area contributed by atoms with Gasteiger partial charge >= 0.3 is 0 Å². The van der Waals surface area contributed by atoms with Crippen LogP contribution >= 0.6 is 0 Å². The number of hydrogen-bond acceptors (Lipinski definition) is 2. The number of hydrogen-bond donors (Lipinski definition) is 1. The highest BCUT2D eigenvalue weighted by molar-refractivity contribution is 5.27. The first kappa shape index (κ1) is 13.3. The lowest BCUT2D eigenvalue weighted by molar-refractivity contribution is 0.463. The summed E-state index contributed by atoms with van der Waals surface area (Å²) >= 11 is 0. The summed E-state index contributed by atoms with van der Waals surface area (Å²) in [6.45, 7) is 0.711. The third-order valence-corrected chi connectivity index (χ3v) is 4.44. The van der Waals surface area contributed by atoms with E-state index < -0.39 is 0 Å². The Morgan fingerprint density at radius 1 is 1.15 bits per heavy atom. The average molecular weight is 266 g/mol. The van der Waals surface area contributed by atoms with Gasteiger partial charge in [-0.1, -0.05) is 36.4 Å². The molecule has 1 aromatic heterocycles. The zero-order valence-corrected chi connectivity index (χ0v) is 11.8. The van der Waals surface area contributed by atoms with Crippen molar-refractivity contribution in [1.82, 2.24) is 4.98 Å². The van der Waals surface area contributed by atoms with E-state index in [1.54, 1.807) is 0 Å². The van der Waals surface area contributed by atoms with E-state index in [1.165, 1.54) is 36.1 Å². The van der Waals surface area contributed by atoms with Crippen LogP contribution in [0.4, 0.5) is 0 Å². The number of rotatable bonds is 4. The lowest BCUT2D eigenvalue weighted by atomic mass is 9.79. The molecule has 0 bridgehead atoms. The minimum absolute atomic E-state index is 0.439. The zero-order valence-electron chi connectivity index (χ0n) is 11.8. The van der Waals surface area contributed by atoms with Crippen LogP contribution in [0.15, 0.2) is 48.7 Å².